The van der Waals surface area contributed by atoms with E-state index in [1.54, 1.807) is 0 Å². The molecule has 0 unspecified atom stereocenters. The summed E-state index contributed by atoms with van der Waals surface area (Å²) in [5.41, 5.74) is 4.38. The molecule has 0 atom stereocenters. The zero-order chi connectivity index (χ0) is 15.1. The first-order valence-corrected chi connectivity index (χ1v) is 5.91. The SMILES string of the molecule is COCCN(CCC#N)C(=O)c1cc(F)c(N)c(F)c1. The Morgan fingerprint density at radius 2 is 2.00 bits per heavy atom. The van der Waals surface area contributed by atoms with Gasteiger partial charge in [-0.1, -0.05) is 0 Å². The Bertz CT molecular complexity index is 506. The monoisotopic (exact) mass is 283 g/mol. The van der Waals surface area contributed by atoms with Crippen LogP contribution >= 0.6 is 0 Å². The first kappa shape index (κ1) is 15.9. The van der Waals surface area contributed by atoms with Gasteiger partial charge in [0.25, 0.3) is 5.91 Å². The van der Waals surface area contributed by atoms with Crippen molar-refractivity contribution in [2.75, 3.05) is 32.5 Å². The van der Waals surface area contributed by atoms with Crippen LogP contribution in [0.2, 0.25) is 0 Å². The van der Waals surface area contributed by atoms with Gasteiger partial charge in [-0.25, -0.2) is 8.78 Å². The molecule has 7 heteroatoms. The van der Waals surface area contributed by atoms with Crippen LogP contribution in [0, 0.1) is 23.0 Å². The van der Waals surface area contributed by atoms with Crippen LogP contribution in [0.4, 0.5) is 14.5 Å². The van der Waals surface area contributed by atoms with Gasteiger partial charge in [-0.2, -0.15) is 5.26 Å². The maximum Gasteiger partial charge on any atom is 0.254 e. The van der Waals surface area contributed by atoms with Crippen LogP contribution in [0.5, 0.6) is 0 Å². The minimum absolute atomic E-state index is 0.120. The van der Waals surface area contributed by atoms with Gasteiger partial charge in [0.15, 0.2) is 0 Å². The van der Waals surface area contributed by atoms with Crippen molar-refractivity contribution in [3.8, 4) is 6.07 Å². The van der Waals surface area contributed by atoms with E-state index in [4.69, 9.17) is 15.7 Å². The van der Waals surface area contributed by atoms with Crippen molar-refractivity contribution in [1.82, 2.24) is 4.90 Å². The summed E-state index contributed by atoms with van der Waals surface area (Å²) in [6, 6.07) is 3.67. The highest BCUT2D eigenvalue weighted by atomic mass is 19.1. The molecule has 5 nitrogen and oxygen atoms in total. The van der Waals surface area contributed by atoms with Crippen LogP contribution in [0.25, 0.3) is 0 Å². The summed E-state index contributed by atoms with van der Waals surface area (Å²) < 4.78 is 31.6. The number of carbonyl (C=O) groups excluding carboxylic acids is 1. The summed E-state index contributed by atoms with van der Waals surface area (Å²) >= 11 is 0. The van der Waals surface area contributed by atoms with Crippen molar-refractivity contribution in [2.45, 2.75) is 6.42 Å². The molecule has 0 aliphatic rings. The largest absolute Gasteiger partial charge is 0.394 e. The fourth-order valence-corrected chi connectivity index (χ4v) is 1.59. The van der Waals surface area contributed by atoms with E-state index < -0.39 is 23.2 Å². The Labute approximate surface area is 115 Å². The first-order valence-electron chi connectivity index (χ1n) is 5.91. The molecule has 1 aromatic rings. The number of nitriles is 1. The van der Waals surface area contributed by atoms with Crippen molar-refractivity contribution < 1.29 is 18.3 Å². The van der Waals surface area contributed by atoms with E-state index in [1.807, 2.05) is 6.07 Å². The summed E-state index contributed by atoms with van der Waals surface area (Å²) in [6.07, 6.45) is 0.120. The van der Waals surface area contributed by atoms with Crippen LogP contribution in [0.3, 0.4) is 0 Å². The van der Waals surface area contributed by atoms with Gasteiger partial charge < -0.3 is 15.4 Å². The number of hydrogen-bond donors (Lipinski definition) is 1. The number of halogens is 2. The molecule has 0 fully saturated rings. The number of nitrogens with two attached hydrogens (primary N) is 1. The minimum atomic E-state index is -0.986. The van der Waals surface area contributed by atoms with Crippen LogP contribution in [-0.2, 0) is 4.74 Å². The van der Waals surface area contributed by atoms with Crippen LogP contribution in [0.15, 0.2) is 12.1 Å². The van der Waals surface area contributed by atoms with Gasteiger partial charge in [-0.15, -0.1) is 0 Å². The number of nitrogen functional groups attached to an aromatic ring is 1. The lowest BCUT2D eigenvalue weighted by atomic mass is 10.1. The zero-order valence-electron chi connectivity index (χ0n) is 11.0. The molecule has 108 valence electrons. The number of nitrogens with zero attached hydrogens (tertiary/aromatic N) is 2. The third kappa shape index (κ3) is 3.90. The minimum Gasteiger partial charge on any atom is -0.394 e. The molecule has 20 heavy (non-hydrogen) atoms. The second kappa shape index (κ2) is 7.40. The van der Waals surface area contributed by atoms with Crippen molar-refractivity contribution in [1.29, 1.82) is 5.26 Å². The number of carbonyl (C=O) groups is 1. The number of rotatable bonds is 6. The zero-order valence-corrected chi connectivity index (χ0v) is 11.0. The molecule has 0 saturated heterocycles. The Morgan fingerprint density at radius 1 is 1.40 bits per heavy atom. The van der Waals surface area contributed by atoms with Crippen molar-refractivity contribution >= 4 is 11.6 Å². The highest BCUT2D eigenvalue weighted by Crippen LogP contribution is 2.18. The Kier molecular flexibility index (Phi) is 5.87. The van der Waals surface area contributed by atoms with Crippen molar-refractivity contribution in [3.05, 3.63) is 29.3 Å². The number of benzene rings is 1. The molecule has 0 saturated carbocycles. The van der Waals surface area contributed by atoms with Gasteiger partial charge in [-0.3, -0.25) is 4.79 Å². The fraction of sp³-hybridized carbons (Fsp3) is 0.385. The number of hydrogen-bond acceptors (Lipinski definition) is 4. The van der Waals surface area contributed by atoms with Crippen LogP contribution in [-0.4, -0.2) is 37.6 Å². The van der Waals surface area contributed by atoms with E-state index in [0.717, 1.165) is 12.1 Å². The lowest BCUT2D eigenvalue weighted by Crippen LogP contribution is -2.34. The number of anilines is 1. The molecule has 0 spiro atoms. The third-order valence-corrected chi connectivity index (χ3v) is 2.67. The van der Waals surface area contributed by atoms with Crippen LogP contribution < -0.4 is 5.73 Å². The fourth-order valence-electron chi connectivity index (χ4n) is 1.59. The highest BCUT2D eigenvalue weighted by Gasteiger charge is 2.18. The van der Waals surface area contributed by atoms with Crippen molar-refractivity contribution in [2.24, 2.45) is 0 Å². The smallest absolute Gasteiger partial charge is 0.254 e. The molecule has 0 aliphatic carbocycles. The number of methoxy groups -OCH3 is 1. The van der Waals surface area contributed by atoms with E-state index in [-0.39, 0.29) is 31.7 Å². The van der Waals surface area contributed by atoms with E-state index in [9.17, 15) is 13.6 Å². The van der Waals surface area contributed by atoms with E-state index in [1.165, 1.54) is 12.0 Å². The highest BCUT2D eigenvalue weighted by molar-refractivity contribution is 5.94. The number of amides is 1. The second-order valence-corrected chi connectivity index (χ2v) is 4.05. The van der Waals surface area contributed by atoms with Crippen molar-refractivity contribution in [3.63, 3.8) is 0 Å². The molecule has 1 aromatic carbocycles. The molecule has 0 radical (unpaired) electrons. The van der Waals surface area contributed by atoms with E-state index in [0.29, 0.717) is 0 Å². The first-order chi connectivity index (χ1) is 9.51. The quantitative estimate of drug-likeness (QED) is 0.803. The van der Waals surface area contributed by atoms with Gasteiger partial charge in [0.2, 0.25) is 0 Å². The lowest BCUT2D eigenvalue weighted by Gasteiger charge is -2.21. The summed E-state index contributed by atoms with van der Waals surface area (Å²) in [6.45, 7) is 0.647. The molecule has 0 aliphatic heterocycles. The van der Waals surface area contributed by atoms with Gasteiger partial charge in [0.05, 0.1) is 19.1 Å². The third-order valence-electron chi connectivity index (χ3n) is 2.67. The van der Waals surface area contributed by atoms with Gasteiger partial charge in [0.1, 0.15) is 17.3 Å². The molecule has 2 N–H and O–H groups in total. The summed E-state index contributed by atoms with van der Waals surface area (Å²) in [5.74, 6) is -2.55. The van der Waals surface area contributed by atoms with Crippen LogP contribution in [0.1, 0.15) is 16.8 Å². The maximum atomic E-state index is 13.4. The summed E-state index contributed by atoms with van der Waals surface area (Å²) in [4.78, 5) is 13.5. The average Bonchev–Trinajstić information content (AvgIpc) is 2.43. The summed E-state index contributed by atoms with van der Waals surface area (Å²) in [7, 11) is 1.47. The Balaban J connectivity index is 2.96. The maximum absolute atomic E-state index is 13.4. The van der Waals surface area contributed by atoms with Gasteiger partial charge >= 0.3 is 0 Å². The summed E-state index contributed by atoms with van der Waals surface area (Å²) in [5, 5.41) is 8.56. The molecule has 0 bridgehead atoms. The van der Waals surface area contributed by atoms with Gasteiger partial charge in [0, 0.05) is 25.8 Å². The molecular weight excluding hydrogens is 268 g/mol. The van der Waals surface area contributed by atoms with E-state index in [2.05, 4.69) is 0 Å². The average molecular weight is 283 g/mol. The predicted molar refractivity (Wildman–Crippen MR) is 68.8 cm³/mol. The Hall–Kier alpha value is -2.20. The number of ether oxygens (including phenoxy) is 1. The normalized spacial score (nSPS) is 10.1. The Morgan fingerprint density at radius 3 is 2.50 bits per heavy atom. The van der Waals surface area contributed by atoms with E-state index >= 15 is 0 Å². The van der Waals surface area contributed by atoms with Gasteiger partial charge in [-0.05, 0) is 12.1 Å². The molecule has 1 rings (SSSR count). The molecular formula is C13H15F2N3O2. The lowest BCUT2D eigenvalue weighted by molar-refractivity contribution is 0.0699. The molecule has 0 aromatic heterocycles. The molecule has 0 heterocycles. The standard InChI is InChI=1S/C13H15F2N3O2/c1-20-6-5-18(4-2-3-16)13(19)9-7-10(14)12(17)11(15)8-9/h7-8H,2,4-6,17H2,1H3. The molecule has 1 amide bonds. The second-order valence-electron chi connectivity index (χ2n) is 4.05. The predicted octanol–water partition coefficient (Wildman–Crippen LogP) is 1.55. The topological polar surface area (TPSA) is 79.3 Å².